The maximum absolute atomic E-state index is 6.00. The molecule has 0 aliphatic heterocycles. The minimum absolute atomic E-state index is 0.496. The second-order valence-corrected chi connectivity index (χ2v) is 8.85. The highest BCUT2D eigenvalue weighted by Gasteiger charge is 2.11. The molecule has 0 saturated carbocycles. The summed E-state index contributed by atoms with van der Waals surface area (Å²) in [5, 5.41) is 9.05. The zero-order valence-electron chi connectivity index (χ0n) is 20.6. The van der Waals surface area contributed by atoms with Gasteiger partial charge in [-0.25, -0.2) is 9.97 Å². The van der Waals surface area contributed by atoms with Gasteiger partial charge < -0.3 is 14.6 Å². The van der Waals surface area contributed by atoms with Crippen LogP contribution < -0.4 is 10.1 Å². The first kappa shape index (κ1) is 22.7. The standard InChI is InChI=1S/C28H30N6O/c1-19-14-23(34(4)32-19)18-35-24-10-7-8-21(15-24)12-13-29-28-17-25(30-20(2)31-28)27-16-22-9-5-6-11-26(22)33(27)3/h5-11,14-17H,12-13,18H2,1-4H3,(H,29,30,31). The molecule has 0 atom stereocenters. The van der Waals surface area contributed by atoms with Crippen LogP contribution in [-0.4, -0.2) is 30.9 Å². The first-order valence-corrected chi connectivity index (χ1v) is 11.8. The Kier molecular flexibility index (Phi) is 6.23. The normalized spacial score (nSPS) is 11.2. The van der Waals surface area contributed by atoms with Crippen LogP contribution in [0.15, 0.2) is 66.7 Å². The summed E-state index contributed by atoms with van der Waals surface area (Å²) < 4.78 is 10.0. The maximum atomic E-state index is 6.00. The van der Waals surface area contributed by atoms with Gasteiger partial charge in [-0.3, -0.25) is 4.68 Å². The smallest absolute Gasteiger partial charge is 0.130 e. The predicted molar refractivity (Wildman–Crippen MR) is 140 cm³/mol. The fourth-order valence-corrected chi connectivity index (χ4v) is 4.41. The van der Waals surface area contributed by atoms with Gasteiger partial charge in [0.2, 0.25) is 0 Å². The summed E-state index contributed by atoms with van der Waals surface area (Å²) in [5.74, 6) is 2.44. The van der Waals surface area contributed by atoms with Gasteiger partial charge in [0, 0.05) is 37.6 Å². The van der Waals surface area contributed by atoms with E-state index < -0.39 is 0 Å². The van der Waals surface area contributed by atoms with Gasteiger partial charge in [-0.15, -0.1) is 0 Å². The molecule has 5 aromatic rings. The quantitative estimate of drug-likeness (QED) is 0.340. The van der Waals surface area contributed by atoms with Crippen molar-refractivity contribution in [1.29, 1.82) is 0 Å². The van der Waals surface area contributed by atoms with Crippen molar-refractivity contribution in [3.05, 3.63) is 89.5 Å². The molecule has 3 heterocycles. The zero-order valence-corrected chi connectivity index (χ0v) is 20.6. The fourth-order valence-electron chi connectivity index (χ4n) is 4.41. The summed E-state index contributed by atoms with van der Waals surface area (Å²) in [6.45, 7) is 5.18. The molecule has 35 heavy (non-hydrogen) atoms. The molecule has 2 aromatic carbocycles. The highest BCUT2D eigenvalue weighted by atomic mass is 16.5. The molecule has 0 amide bonds. The summed E-state index contributed by atoms with van der Waals surface area (Å²) in [7, 11) is 4.01. The van der Waals surface area contributed by atoms with Gasteiger partial charge in [-0.1, -0.05) is 30.3 Å². The second kappa shape index (κ2) is 9.62. The lowest BCUT2D eigenvalue weighted by Crippen LogP contribution is -2.08. The van der Waals surface area contributed by atoms with Crippen LogP contribution in [0, 0.1) is 13.8 Å². The Morgan fingerprint density at radius 3 is 2.57 bits per heavy atom. The molecule has 0 fully saturated rings. The van der Waals surface area contributed by atoms with Crippen molar-refractivity contribution < 1.29 is 4.74 Å². The number of aromatic nitrogens is 5. The first-order chi connectivity index (χ1) is 17.0. The fraction of sp³-hybridized carbons (Fsp3) is 0.250. The summed E-state index contributed by atoms with van der Waals surface area (Å²) in [4.78, 5) is 9.30. The topological polar surface area (TPSA) is 69.8 Å². The number of ether oxygens (including phenoxy) is 1. The van der Waals surface area contributed by atoms with E-state index in [1.54, 1.807) is 0 Å². The molecule has 0 saturated heterocycles. The minimum Gasteiger partial charge on any atom is -0.487 e. The number of hydrogen-bond donors (Lipinski definition) is 1. The van der Waals surface area contributed by atoms with E-state index in [0.717, 1.165) is 53.1 Å². The number of anilines is 1. The van der Waals surface area contributed by atoms with E-state index in [0.29, 0.717) is 6.61 Å². The van der Waals surface area contributed by atoms with Crippen LogP contribution in [0.2, 0.25) is 0 Å². The summed E-state index contributed by atoms with van der Waals surface area (Å²) >= 11 is 0. The zero-order chi connectivity index (χ0) is 24.4. The third-order valence-electron chi connectivity index (χ3n) is 6.16. The Balaban J connectivity index is 1.24. The van der Waals surface area contributed by atoms with E-state index in [1.165, 1.54) is 16.5 Å². The highest BCUT2D eigenvalue weighted by Crippen LogP contribution is 2.27. The van der Waals surface area contributed by atoms with Crippen molar-refractivity contribution in [2.75, 3.05) is 11.9 Å². The second-order valence-electron chi connectivity index (χ2n) is 8.85. The molecule has 7 nitrogen and oxygen atoms in total. The number of aryl methyl sites for hydroxylation is 4. The van der Waals surface area contributed by atoms with Crippen molar-refractivity contribution >= 4 is 16.7 Å². The van der Waals surface area contributed by atoms with E-state index in [1.807, 2.05) is 49.8 Å². The summed E-state index contributed by atoms with van der Waals surface area (Å²) in [6, 6.07) is 22.9. The number of para-hydroxylation sites is 1. The predicted octanol–water partition coefficient (Wildman–Crippen LogP) is 5.22. The lowest BCUT2D eigenvalue weighted by molar-refractivity contribution is 0.294. The lowest BCUT2D eigenvalue weighted by Gasteiger charge is -2.11. The molecular weight excluding hydrogens is 436 g/mol. The van der Waals surface area contributed by atoms with Crippen LogP contribution in [0.5, 0.6) is 5.75 Å². The van der Waals surface area contributed by atoms with Gasteiger partial charge in [0.05, 0.1) is 22.8 Å². The Morgan fingerprint density at radius 2 is 1.77 bits per heavy atom. The molecule has 0 unspecified atom stereocenters. The van der Waals surface area contributed by atoms with Gasteiger partial charge >= 0.3 is 0 Å². The Hall–Kier alpha value is -4.13. The van der Waals surface area contributed by atoms with Crippen molar-refractivity contribution in [2.24, 2.45) is 14.1 Å². The van der Waals surface area contributed by atoms with E-state index in [2.05, 4.69) is 69.5 Å². The van der Waals surface area contributed by atoms with Crippen molar-refractivity contribution in [3.63, 3.8) is 0 Å². The van der Waals surface area contributed by atoms with E-state index >= 15 is 0 Å². The number of benzene rings is 2. The number of nitrogens with zero attached hydrogens (tertiary/aromatic N) is 5. The van der Waals surface area contributed by atoms with Crippen LogP contribution in [-0.2, 0) is 27.1 Å². The van der Waals surface area contributed by atoms with Crippen LogP contribution in [0.25, 0.3) is 22.3 Å². The number of nitrogens with one attached hydrogen (secondary N) is 1. The third kappa shape index (κ3) is 5.04. The van der Waals surface area contributed by atoms with E-state index in [4.69, 9.17) is 9.72 Å². The monoisotopic (exact) mass is 466 g/mol. The Labute approximate surface area is 205 Å². The van der Waals surface area contributed by atoms with Gasteiger partial charge in [0.15, 0.2) is 0 Å². The van der Waals surface area contributed by atoms with Gasteiger partial charge in [0.25, 0.3) is 0 Å². The first-order valence-electron chi connectivity index (χ1n) is 11.8. The van der Waals surface area contributed by atoms with Crippen molar-refractivity contribution in [2.45, 2.75) is 26.9 Å². The average Bonchev–Trinajstić information content (AvgIpc) is 3.35. The maximum Gasteiger partial charge on any atom is 0.130 e. The Morgan fingerprint density at radius 1 is 0.914 bits per heavy atom. The lowest BCUT2D eigenvalue weighted by atomic mass is 10.1. The Bertz CT molecular complexity index is 1480. The van der Waals surface area contributed by atoms with Crippen LogP contribution in [0.3, 0.4) is 0 Å². The SMILES string of the molecule is Cc1cc(COc2cccc(CCNc3cc(-c4cc5ccccc5n4C)nc(C)n3)c2)n(C)n1. The number of hydrogen-bond acceptors (Lipinski definition) is 5. The number of rotatable bonds is 8. The highest BCUT2D eigenvalue weighted by molar-refractivity contribution is 5.86. The van der Waals surface area contributed by atoms with Crippen LogP contribution in [0.4, 0.5) is 5.82 Å². The molecule has 0 spiro atoms. The molecule has 0 bridgehead atoms. The molecule has 0 aliphatic carbocycles. The van der Waals surface area contributed by atoms with Gasteiger partial charge in [-0.2, -0.15) is 5.10 Å². The molecule has 1 N–H and O–H groups in total. The molecule has 5 rings (SSSR count). The van der Waals surface area contributed by atoms with Crippen molar-refractivity contribution in [1.82, 2.24) is 24.3 Å². The summed E-state index contributed by atoms with van der Waals surface area (Å²) in [6.07, 6.45) is 0.856. The molecular formula is C28H30N6O. The van der Waals surface area contributed by atoms with E-state index in [-0.39, 0.29) is 0 Å². The van der Waals surface area contributed by atoms with Crippen LogP contribution >= 0.6 is 0 Å². The molecule has 0 aliphatic rings. The molecule has 0 radical (unpaired) electrons. The van der Waals surface area contributed by atoms with Gasteiger partial charge in [-0.05, 0) is 56.2 Å². The third-order valence-corrected chi connectivity index (χ3v) is 6.16. The van der Waals surface area contributed by atoms with E-state index in [9.17, 15) is 0 Å². The van der Waals surface area contributed by atoms with Crippen molar-refractivity contribution in [3.8, 4) is 17.1 Å². The van der Waals surface area contributed by atoms with Crippen LogP contribution in [0.1, 0.15) is 22.8 Å². The molecule has 3 aromatic heterocycles. The number of fused-ring (bicyclic) bond motifs is 1. The van der Waals surface area contributed by atoms with Gasteiger partial charge in [0.1, 0.15) is 24.0 Å². The minimum atomic E-state index is 0.496. The largest absolute Gasteiger partial charge is 0.487 e. The molecule has 7 heteroatoms. The average molecular weight is 467 g/mol. The molecule has 178 valence electrons. The summed E-state index contributed by atoms with van der Waals surface area (Å²) in [5.41, 5.74) is 6.43.